The fourth-order valence-corrected chi connectivity index (χ4v) is 6.04. The summed E-state index contributed by atoms with van der Waals surface area (Å²) in [6.45, 7) is 6.35. The van der Waals surface area contributed by atoms with Crippen molar-refractivity contribution >= 4 is 50.7 Å². The molecule has 0 aliphatic heterocycles. The van der Waals surface area contributed by atoms with Crippen LogP contribution in [0.4, 0.5) is 5.69 Å². The first kappa shape index (κ1) is 33.0. The van der Waals surface area contributed by atoms with E-state index in [4.69, 9.17) is 32.7 Å². The molecule has 9 nitrogen and oxygen atoms in total. The number of rotatable bonds is 12. The van der Waals surface area contributed by atoms with E-state index in [1.165, 1.54) is 49.5 Å². The van der Waals surface area contributed by atoms with Crippen molar-refractivity contribution in [1.82, 2.24) is 10.2 Å². The van der Waals surface area contributed by atoms with Gasteiger partial charge < -0.3 is 19.7 Å². The van der Waals surface area contributed by atoms with Gasteiger partial charge in [0.1, 0.15) is 12.6 Å². The van der Waals surface area contributed by atoms with Gasteiger partial charge in [-0.15, -0.1) is 0 Å². The van der Waals surface area contributed by atoms with Crippen molar-refractivity contribution in [3.8, 4) is 11.5 Å². The zero-order chi connectivity index (χ0) is 31.2. The van der Waals surface area contributed by atoms with Gasteiger partial charge in [-0.05, 0) is 69.7 Å². The summed E-state index contributed by atoms with van der Waals surface area (Å²) in [6.07, 6.45) is 0. The van der Waals surface area contributed by atoms with Gasteiger partial charge in [-0.2, -0.15) is 0 Å². The number of ether oxygens (including phenoxy) is 2. The van der Waals surface area contributed by atoms with E-state index in [2.05, 4.69) is 5.32 Å². The molecule has 3 rings (SSSR count). The highest BCUT2D eigenvalue weighted by Crippen LogP contribution is 2.34. The van der Waals surface area contributed by atoms with E-state index in [1.54, 1.807) is 51.1 Å². The largest absolute Gasteiger partial charge is 0.493 e. The van der Waals surface area contributed by atoms with Crippen molar-refractivity contribution in [3.63, 3.8) is 0 Å². The number of benzene rings is 3. The Hall–Kier alpha value is -3.47. The lowest BCUT2D eigenvalue weighted by Gasteiger charge is -2.32. The van der Waals surface area contributed by atoms with Crippen molar-refractivity contribution in [2.24, 2.45) is 0 Å². The maximum Gasteiger partial charge on any atom is 0.264 e. The molecule has 0 spiro atoms. The maximum atomic E-state index is 14.1. The Bertz CT molecular complexity index is 1530. The highest BCUT2D eigenvalue weighted by atomic mass is 35.5. The summed E-state index contributed by atoms with van der Waals surface area (Å²) in [5.74, 6) is -0.361. The van der Waals surface area contributed by atoms with Crippen molar-refractivity contribution in [2.75, 3.05) is 25.1 Å². The van der Waals surface area contributed by atoms with Crippen LogP contribution < -0.4 is 19.1 Å². The molecule has 12 heteroatoms. The highest BCUT2D eigenvalue weighted by Gasteiger charge is 2.33. The topological polar surface area (TPSA) is 105 Å². The summed E-state index contributed by atoms with van der Waals surface area (Å²) in [7, 11) is -1.36. The van der Waals surface area contributed by atoms with Gasteiger partial charge in [-0.3, -0.25) is 13.9 Å². The Labute approximate surface area is 257 Å². The molecule has 0 bridgehead atoms. The van der Waals surface area contributed by atoms with E-state index in [0.29, 0.717) is 21.4 Å². The molecule has 0 saturated heterocycles. The van der Waals surface area contributed by atoms with Gasteiger partial charge in [0, 0.05) is 28.7 Å². The lowest BCUT2D eigenvalue weighted by molar-refractivity contribution is -0.139. The first-order valence-corrected chi connectivity index (χ1v) is 15.3. The molecule has 0 unspecified atom stereocenters. The summed E-state index contributed by atoms with van der Waals surface area (Å²) in [6, 6.07) is 14.6. The molecule has 3 aromatic carbocycles. The highest BCUT2D eigenvalue weighted by molar-refractivity contribution is 7.92. The van der Waals surface area contributed by atoms with E-state index in [9.17, 15) is 18.0 Å². The molecule has 42 heavy (non-hydrogen) atoms. The van der Waals surface area contributed by atoms with Crippen molar-refractivity contribution < 1.29 is 27.5 Å². The number of nitrogens with zero attached hydrogens (tertiary/aromatic N) is 2. The van der Waals surface area contributed by atoms with Gasteiger partial charge in [0.2, 0.25) is 11.8 Å². The third-order valence-electron chi connectivity index (χ3n) is 6.50. The lowest BCUT2D eigenvalue weighted by atomic mass is 10.1. The molecule has 0 radical (unpaired) electrons. The number of hydrogen-bond acceptors (Lipinski definition) is 6. The number of carbonyl (C=O) groups excluding carboxylic acids is 2. The molecule has 1 N–H and O–H groups in total. The summed E-state index contributed by atoms with van der Waals surface area (Å²) >= 11 is 12.5. The smallest absolute Gasteiger partial charge is 0.264 e. The third kappa shape index (κ3) is 7.87. The number of aryl methyl sites for hydroxylation is 1. The molecule has 0 fully saturated rings. The van der Waals surface area contributed by atoms with Gasteiger partial charge in [-0.25, -0.2) is 8.42 Å². The third-order valence-corrected chi connectivity index (χ3v) is 8.87. The molecule has 3 aromatic rings. The Morgan fingerprint density at radius 3 is 2.12 bits per heavy atom. The summed E-state index contributed by atoms with van der Waals surface area (Å²) in [4.78, 5) is 28.4. The van der Waals surface area contributed by atoms with Crippen LogP contribution in [0.3, 0.4) is 0 Å². The Balaban J connectivity index is 2.11. The van der Waals surface area contributed by atoms with Crippen LogP contribution in [0.1, 0.15) is 31.9 Å². The van der Waals surface area contributed by atoms with Gasteiger partial charge >= 0.3 is 0 Å². The standard InChI is InChI=1S/C30H35Cl2N3O6S/c1-19(2)33-30(37)21(4)34(17-22-9-10-23(31)15-26(22)32)29(36)18-35(24-11-14-27(40-5)28(16-24)41-6)42(38,39)25-12-7-20(3)8-13-25/h7-16,19,21H,17-18H2,1-6H3,(H,33,37)/t21-/m0/s1. The number of nitrogens with one attached hydrogen (secondary N) is 1. The Kier molecular flexibility index (Phi) is 11.1. The first-order chi connectivity index (χ1) is 19.8. The molecule has 1 atom stereocenters. The van der Waals surface area contributed by atoms with Crippen molar-refractivity contribution in [1.29, 1.82) is 0 Å². The quantitative estimate of drug-likeness (QED) is 0.283. The van der Waals surface area contributed by atoms with Gasteiger partial charge in [-0.1, -0.05) is 47.0 Å². The van der Waals surface area contributed by atoms with Crippen LogP contribution in [0.5, 0.6) is 11.5 Å². The number of carbonyl (C=O) groups is 2. The van der Waals surface area contributed by atoms with Crippen LogP contribution >= 0.6 is 23.2 Å². The number of methoxy groups -OCH3 is 2. The number of amides is 2. The average Bonchev–Trinajstić information content (AvgIpc) is 2.94. The zero-order valence-electron chi connectivity index (χ0n) is 24.4. The van der Waals surface area contributed by atoms with Crippen LogP contribution in [-0.4, -0.2) is 58.0 Å². The van der Waals surface area contributed by atoms with Crippen molar-refractivity contribution in [3.05, 3.63) is 81.8 Å². The predicted molar refractivity (Wildman–Crippen MR) is 165 cm³/mol. The number of hydrogen-bond donors (Lipinski definition) is 1. The molecule has 2 amide bonds. The number of anilines is 1. The zero-order valence-corrected chi connectivity index (χ0v) is 26.7. The van der Waals surface area contributed by atoms with Crippen LogP contribution in [0.25, 0.3) is 0 Å². The minimum Gasteiger partial charge on any atom is -0.493 e. The SMILES string of the molecule is COc1ccc(N(CC(=O)N(Cc2ccc(Cl)cc2Cl)[C@@H](C)C(=O)NC(C)C)S(=O)(=O)c2ccc(C)cc2)cc1OC. The molecule has 0 aromatic heterocycles. The molecule has 226 valence electrons. The molecule has 0 aliphatic carbocycles. The second kappa shape index (κ2) is 14.1. The average molecular weight is 637 g/mol. The van der Waals surface area contributed by atoms with Crippen LogP contribution in [0, 0.1) is 6.92 Å². The second-order valence-electron chi connectivity index (χ2n) is 9.96. The molecule has 0 aliphatic rings. The Morgan fingerprint density at radius 1 is 0.905 bits per heavy atom. The minimum atomic E-state index is -4.25. The van der Waals surface area contributed by atoms with Crippen LogP contribution in [-0.2, 0) is 26.2 Å². The van der Waals surface area contributed by atoms with E-state index in [0.717, 1.165) is 9.87 Å². The number of sulfonamides is 1. The number of halogens is 2. The van der Waals surface area contributed by atoms with Crippen LogP contribution in [0.15, 0.2) is 65.6 Å². The van der Waals surface area contributed by atoms with Crippen LogP contribution in [0.2, 0.25) is 10.0 Å². The van der Waals surface area contributed by atoms with E-state index in [1.807, 2.05) is 6.92 Å². The predicted octanol–water partition coefficient (Wildman–Crippen LogP) is 5.46. The normalized spacial score (nSPS) is 12.0. The monoisotopic (exact) mass is 635 g/mol. The maximum absolute atomic E-state index is 14.1. The van der Waals surface area contributed by atoms with Gasteiger partial charge in [0.15, 0.2) is 11.5 Å². The molecular formula is C30H35Cl2N3O6S. The van der Waals surface area contributed by atoms with Gasteiger partial charge in [0.25, 0.3) is 10.0 Å². The lowest BCUT2D eigenvalue weighted by Crippen LogP contribution is -2.52. The second-order valence-corrected chi connectivity index (χ2v) is 12.7. The molecular weight excluding hydrogens is 601 g/mol. The fraction of sp³-hybridized carbons (Fsp3) is 0.333. The van der Waals surface area contributed by atoms with Gasteiger partial charge in [0.05, 0.1) is 24.8 Å². The minimum absolute atomic E-state index is 0.00594. The Morgan fingerprint density at radius 2 is 1.55 bits per heavy atom. The fourth-order valence-electron chi connectivity index (χ4n) is 4.17. The van der Waals surface area contributed by atoms with E-state index < -0.39 is 34.4 Å². The summed E-state index contributed by atoms with van der Waals surface area (Å²) in [5.41, 5.74) is 1.58. The molecule has 0 heterocycles. The summed E-state index contributed by atoms with van der Waals surface area (Å²) in [5, 5.41) is 3.53. The van der Waals surface area contributed by atoms with Crippen molar-refractivity contribution in [2.45, 2.75) is 51.2 Å². The van der Waals surface area contributed by atoms with E-state index >= 15 is 0 Å². The summed E-state index contributed by atoms with van der Waals surface area (Å²) < 4.78 is 39.8. The molecule has 0 saturated carbocycles. The first-order valence-electron chi connectivity index (χ1n) is 13.1. The van der Waals surface area contributed by atoms with E-state index in [-0.39, 0.29) is 28.9 Å².